The highest BCUT2D eigenvalue weighted by molar-refractivity contribution is 6.33. The molecule has 0 amide bonds. The second-order valence-corrected chi connectivity index (χ2v) is 21.2. The van der Waals surface area contributed by atoms with Crippen molar-refractivity contribution in [2.45, 2.75) is 144 Å². The largest absolute Gasteiger partial charge is 0.508 e. The van der Waals surface area contributed by atoms with Gasteiger partial charge in [-0.1, -0.05) is 94.0 Å². The molecule has 81 heavy (non-hydrogen) atoms. The maximum absolute atomic E-state index is 12.9. The van der Waals surface area contributed by atoms with Crippen LogP contribution < -0.4 is 9.47 Å². The van der Waals surface area contributed by atoms with E-state index >= 15 is 0 Å². The molecule has 3 aliphatic heterocycles. The Morgan fingerprint density at radius 1 is 0.494 bits per heavy atom. The molecule has 0 saturated heterocycles. The SMILES string of the molecule is CC(C)(C)C.CC1C/C=C/CC/C=C/C(=O)Cc2c(Cl)c(O)cc(O)c2C(=O)O1.CC1C/C=C/CC/C=C/C(=O)Cc2cc(O)cc(O)c2C(=O)O1.COCOc1cc2c(c(OCOC)c1)C(=O)OC(C)C/C=C/CC/C=C/C(=O)C2. The number of halogens is 1. The highest BCUT2D eigenvalue weighted by Gasteiger charge is 2.27. The minimum Gasteiger partial charge on any atom is -0.508 e. The average Bonchev–Trinajstić information content (AvgIpc) is 3.42. The van der Waals surface area contributed by atoms with Gasteiger partial charge in [0.05, 0.1) is 5.02 Å². The van der Waals surface area contributed by atoms with Crippen LogP contribution in [-0.2, 0) is 57.3 Å². The molecule has 3 heterocycles. The standard InChI is InChI=1S/C22H28O7.C18H19ClO5.C18H20O5.C5H12/c1-16-9-7-5-4-6-8-10-18(23)11-17-12-19(27-14-25-2)13-20(28-15-26-3)21(17)22(24)29-16;1-11-7-5-3-2-4-6-8-12(20)9-13-16(18(23)24-11)14(21)10-15(22)17(13)19;1-12-7-5-3-2-4-6-8-14(19)9-13-10-15(20)11-16(21)17(13)18(22)23-12;1-5(2,3)4/h5,7-8,10,12-13,16H,4,6,9,11,14-15H2,1-3H3;3,5-6,8,10-11,21-22H,2,4,7,9H2,1H3;3,5-6,8,10-12,20-21H,2,4,7,9H2,1H3;1-4H3/b7-5+,10-8+;2*5-3+,8-6+;. The Balaban J connectivity index is 0.000000308. The summed E-state index contributed by atoms with van der Waals surface area (Å²) in [6.07, 6.45) is 26.5. The van der Waals surface area contributed by atoms with Crippen LogP contribution >= 0.6 is 11.6 Å². The van der Waals surface area contributed by atoms with Crippen LogP contribution in [0.15, 0.2) is 103 Å². The molecule has 440 valence electrons. The van der Waals surface area contributed by atoms with Crippen molar-refractivity contribution in [1.29, 1.82) is 0 Å². The van der Waals surface area contributed by atoms with Crippen LogP contribution in [0, 0.1) is 5.41 Å². The number of benzene rings is 3. The highest BCUT2D eigenvalue weighted by Crippen LogP contribution is 2.38. The van der Waals surface area contributed by atoms with Crippen molar-refractivity contribution < 1.29 is 82.4 Å². The molecule has 17 nitrogen and oxygen atoms in total. The fourth-order valence-electron chi connectivity index (χ4n) is 7.62. The van der Waals surface area contributed by atoms with Gasteiger partial charge < -0.3 is 53.6 Å². The lowest BCUT2D eigenvalue weighted by Gasteiger charge is -2.18. The van der Waals surface area contributed by atoms with Crippen molar-refractivity contribution in [1.82, 2.24) is 0 Å². The summed E-state index contributed by atoms with van der Waals surface area (Å²) >= 11 is 6.05. The van der Waals surface area contributed by atoms with E-state index in [9.17, 15) is 49.2 Å². The molecule has 18 heteroatoms. The first-order valence-corrected chi connectivity index (χ1v) is 27.1. The lowest BCUT2D eigenvalue weighted by Crippen LogP contribution is -2.19. The minimum absolute atomic E-state index is 0.0126. The van der Waals surface area contributed by atoms with Gasteiger partial charge in [0, 0.05) is 76.5 Å². The van der Waals surface area contributed by atoms with Gasteiger partial charge in [-0.3, -0.25) is 14.4 Å². The number of phenolic OH excluding ortho intramolecular Hbond substituents is 4. The van der Waals surface area contributed by atoms with Crippen LogP contribution in [-0.4, -0.2) is 102 Å². The Labute approximate surface area is 480 Å². The highest BCUT2D eigenvalue weighted by atomic mass is 35.5. The zero-order valence-corrected chi connectivity index (χ0v) is 48.7. The summed E-state index contributed by atoms with van der Waals surface area (Å²) in [5, 5.41) is 39.3. The normalized spacial score (nSPS) is 20.9. The molecule has 6 rings (SSSR count). The summed E-state index contributed by atoms with van der Waals surface area (Å²) in [6, 6.07) is 6.53. The van der Waals surface area contributed by atoms with E-state index in [1.165, 1.54) is 38.5 Å². The summed E-state index contributed by atoms with van der Waals surface area (Å²) in [5.74, 6) is -3.48. The summed E-state index contributed by atoms with van der Waals surface area (Å²) in [7, 11) is 2.98. The summed E-state index contributed by atoms with van der Waals surface area (Å²) < 4.78 is 37.2. The Morgan fingerprint density at radius 3 is 1.36 bits per heavy atom. The molecule has 0 spiro atoms. The fourth-order valence-corrected chi connectivity index (χ4v) is 7.84. The zero-order chi connectivity index (χ0) is 60.1. The number of ketones is 3. The summed E-state index contributed by atoms with van der Waals surface area (Å²) in [6.45, 7) is 14.0. The maximum atomic E-state index is 12.9. The van der Waals surface area contributed by atoms with Crippen molar-refractivity contribution >= 4 is 46.9 Å². The molecule has 3 aliphatic rings. The molecule has 0 aromatic heterocycles. The molecule has 0 bridgehead atoms. The van der Waals surface area contributed by atoms with Gasteiger partial charge in [0.25, 0.3) is 0 Å². The molecule has 0 aliphatic carbocycles. The van der Waals surface area contributed by atoms with Crippen LogP contribution in [0.25, 0.3) is 0 Å². The maximum Gasteiger partial charge on any atom is 0.342 e. The molecule has 0 saturated carbocycles. The molecule has 4 N–H and O–H groups in total. The predicted octanol–water partition coefficient (Wildman–Crippen LogP) is 12.4. The molecule has 3 aromatic carbocycles. The third kappa shape index (κ3) is 25.7. The van der Waals surface area contributed by atoms with Crippen molar-refractivity contribution in [2.24, 2.45) is 5.41 Å². The smallest absolute Gasteiger partial charge is 0.342 e. The van der Waals surface area contributed by atoms with Gasteiger partial charge in [0.15, 0.2) is 30.9 Å². The minimum atomic E-state index is -0.779. The monoisotopic (exact) mass is 1140 g/mol. The number of esters is 3. The Kier molecular flexibility index (Phi) is 29.6. The second kappa shape index (κ2) is 35.3. The number of cyclic esters (lactones) is 3. The third-order valence-corrected chi connectivity index (χ3v) is 11.7. The van der Waals surface area contributed by atoms with Gasteiger partial charge in [-0.05, 0) is 106 Å². The Morgan fingerprint density at radius 2 is 0.889 bits per heavy atom. The van der Waals surface area contributed by atoms with E-state index in [1.54, 1.807) is 38.1 Å². The second-order valence-electron chi connectivity index (χ2n) is 20.8. The molecular weight excluding hydrogens is 1060 g/mol. The van der Waals surface area contributed by atoms with Crippen molar-refractivity contribution in [3.8, 4) is 34.5 Å². The van der Waals surface area contributed by atoms with Crippen LogP contribution in [0.2, 0.25) is 5.02 Å². The van der Waals surface area contributed by atoms with E-state index in [0.717, 1.165) is 44.2 Å². The number of hydrogen-bond donors (Lipinski definition) is 4. The summed E-state index contributed by atoms with van der Waals surface area (Å²) in [4.78, 5) is 74.2. The Bertz CT molecular complexity index is 2790. The van der Waals surface area contributed by atoms with E-state index in [-0.39, 0.29) is 107 Å². The quantitative estimate of drug-likeness (QED) is 0.0775. The van der Waals surface area contributed by atoms with E-state index in [2.05, 4.69) is 27.7 Å². The van der Waals surface area contributed by atoms with E-state index < -0.39 is 41.3 Å². The lowest BCUT2D eigenvalue weighted by atomic mass is 9.99. The van der Waals surface area contributed by atoms with Crippen LogP contribution in [0.4, 0.5) is 0 Å². The van der Waals surface area contributed by atoms with Gasteiger partial charge in [-0.25, -0.2) is 14.4 Å². The number of ether oxygens (including phenoxy) is 7. The average molecular weight is 1140 g/mol. The van der Waals surface area contributed by atoms with E-state index in [4.69, 9.17) is 44.8 Å². The van der Waals surface area contributed by atoms with Gasteiger partial charge in [-0.15, -0.1) is 0 Å². The number of phenols is 4. The van der Waals surface area contributed by atoms with Crippen LogP contribution in [0.5, 0.6) is 34.5 Å². The number of fused-ring (bicyclic) bond motifs is 3. The number of rotatable bonds is 6. The molecule has 0 radical (unpaired) electrons. The van der Waals surface area contributed by atoms with E-state index in [1.807, 2.05) is 49.5 Å². The Hall–Kier alpha value is -7.47. The van der Waals surface area contributed by atoms with Gasteiger partial charge in [0.1, 0.15) is 69.5 Å². The number of methoxy groups -OCH3 is 2. The molecule has 3 unspecified atom stereocenters. The van der Waals surface area contributed by atoms with Crippen molar-refractivity contribution in [3.63, 3.8) is 0 Å². The zero-order valence-electron chi connectivity index (χ0n) is 47.9. The fraction of sp³-hybridized carbons (Fsp3) is 0.429. The molecule has 3 aromatic rings. The van der Waals surface area contributed by atoms with Crippen molar-refractivity contribution in [3.05, 3.63) is 142 Å². The van der Waals surface area contributed by atoms with Gasteiger partial charge in [-0.2, -0.15) is 0 Å². The first-order chi connectivity index (χ1) is 38.4. The number of allylic oxidation sites excluding steroid dienone is 9. The first-order valence-electron chi connectivity index (χ1n) is 26.8. The molecule has 0 fully saturated rings. The van der Waals surface area contributed by atoms with Crippen LogP contribution in [0.1, 0.15) is 154 Å². The van der Waals surface area contributed by atoms with Crippen molar-refractivity contribution in [2.75, 3.05) is 27.8 Å². The van der Waals surface area contributed by atoms with Gasteiger partial charge >= 0.3 is 17.9 Å². The number of carbonyl (C=O) groups is 6. The van der Waals surface area contributed by atoms with Gasteiger partial charge in [0.2, 0.25) is 0 Å². The number of hydrogen-bond acceptors (Lipinski definition) is 17. The molecular formula is C63H79ClO17. The number of carbonyl (C=O) groups excluding carboxylic acids is 6. The predicted molar refractivity (Wildman–Crippen MR) is 308 cm³/mol. The third-order valence-electron chi connectivity index (χ3n) is 11.3. The topological polar surface area (TPSA) is 248 Å². The first kappa shape index (κ1) is 67.8. The number of aromatic hydroxyl groups is 4. The van der Waals surface area contributed by atoms with E-state index in [0.29, 0.717) is 42.4 Å². The molecule has 3 atom stereocenters. The summed E-state index contributed by atoms with van der Waals surface area (Å²) in [5.41, 5.74) is 1.21. The van der Waals surface area contributed by atoms with Crippen LogP contribution in [0.3, 0.4) is 0 Å². The lowest BCUT2D eigenvalue weighted by molar-refractivity contribution is -0.114.